The average molecular weight is 295 g/mol. The highest BCUT2D eigenvalue weighted by atomic mass is 15.2. The molecule has 1 atom stereocenters. The number of piperidine rings is 1. The predicted molar refractivity (Wildman–Crippen MR) is 90.4 cm³/mol. The molecule has 0 aliphatic carbocycles. The van der Waals surface area contributed by atoms with Crippen LogP contribution in [0.15, 0.2) is 54.9 Å². The number of likely N-dealkylation sites (N-methyl/N-ethyl adjacent to an activating group) is 1. The van der Waals surface area contributed by atoms with Gasteiger partial charge in [0.2, 0.25) is 0 Å². The highest BCUT2D eigenvalue weighted by Gasteiger charge is 2.23. The van der Waals surface area contributed by atoms with Crippen molar-refractivity contribution in [1.29, 1.82) is 0 Å². The highest BCUT2D eigenvalue weighted by Crippen LogP contribution is 2.18. The minimum absolute atomic E-state index is 0.649. The van der Waals surface area contributed by atoms with Crippen molar-refractivity contribution in [2.45, 2.75) is 32.0 Å². The van der Waals surface area contributed by atoms with Crippen molar-refractivity contribution in [3.63, 3.8) is 0 Å². The van der Waals surface area contributed by atoms with E-state index >= 15 is 0 Å². The Bertz CT molecular complexity index is 516. The van der Waals surface area contributed by atoms with E-state index in [1.807, 2.05) is 12.4 Å². The number of aromatic nitrogens is 1. The molecule has 2 heterocycles. The van der Waals surface area contributed by atoms with Crippen molar-refractivity contribution < 1.29 is 0 Å². The lowest BCUT2D eigenvalue weighted by Gasteiger charge is -2.37. The van der Waals surface area contributed by atoms with Crippen molar-refractivity contribution in [3.05, 3.63) is 66.0 Å². The first-order valence-electron chi connectivity index (χ1n) is 8.17. The van der Waals surface area contributed by atoms with Gasteiger partial charge in [-0.05, 0) is 49.7 Å². The smallest absolute Gasteiger partial charge is 0.0271 e. The zero-order valence-electron chi connectivity index (χ0n) is 13.4. The summed E-state index contributed by atoms with van der Waals surface area (Å²) in [5.74, 6) is 0. The molecule has 0 amide bonds. The zero-order chi connectivity index (χ0) is 15.2. The van der Waals surface area contributed by atoms with Crippen molar-refractivity contribution in [1.82, 2.24) is 14.8 Å². The Morgan fingerprint density at radius 2 is 1.86 bits per heavy atom. The summed E-state index contributed by atoms with van der Waals surface area (Å²) < 4.78 is 0. The number of rotatable bonds is 5. The lowest BCUT2D eigenvalue weighted by molar-refractivity contribution is 0.107. The number of benzene rings is 1. The van der Waals surface area contributed by atoms with Gasteiger partial charge in [0.05, 0.1) is 0 Å². The normalized spacial score (nSPS) is 19.5. The molecule has 1 fully saturated rings. The summed E-state index contributed by atoms with van der Waals surface area (Å²) in [6.45, 7) is 4.44. The zero-order valence-corrected chi connectivity index (χ0v) is 13.4. The lowest BCUT2D eigenvalue weighted by Crippen LogP contribution is -2.45. The van der Waals surface area contributed by atoms with Crippen LogP contribution in [0.2, 0.25) is 0 Å². The van der Waals surface area contributed by atoms with Crippen molar-refractivity contribution in [2.24, 2.45) is 0 Å². The van der Waals surface area contributed by atoms with Gasteiger partial charge in [0.15, 0.2) is 0 Å². The van der Waals surface area contributed by atoms with Gasteiger partial charge in [-0.2, -0.15) is 0 Å². The van der Waals surface area contributed by atoms with Crippen LogP contribution in [0.4, 0.5) is 0 Å². The third-order valence-electron chi connectivity index (χ3n) is 4.53. The lowest BCUT2D eigenvalue weighted by atomic mass is 10.0. The van der Waals surface area contributed by atoms with Gasteiger partial charge in [-0.25, -0.2) is 0 Å². The number of likely N-dealkylation sites (tertiary alicyclic amines) is 1. The molecule has 0 saturated carbocycles. The molecule has 1 aliphatic rings. The topological polar surface area (TPSA) is 19.4 Å². The second-order valence-corrected chi connectivity index (χ2v) is 6.29. The Kier molecular flexibility index (Phi) is 5.20. The summed E-state index contributed by atoms with van der Waals surface area (Å²) in [4.78, 5) is 9.18. The van der Waals surface area contributed by atoms with E-state index in [4.69, 9.17) is 0 Å². The first kappa shape index (κ1) is 15.2. The minimum atomic E-state index is 0.649. The Hall–Kier alpha value is -1.71. The van der Waals surface area contributed by atoms with E-state index in [9.17, 15) is 0 Å². The molecule has 1 unspecified atom stereocenters. The fourth-order valence-corrected chi connectivity index (χ4v) is 3.28. The quantitative estimate of drug-likeness (QED) is 0.844. The molecule has 1 aliphatic heterocycles. The van der Waals surface area contributed by atoms with Crippen LogP contribution in [0.25, 0.3) is 0 Å². The average Bonchev–Trinajstić information content (AvgIpc) is 2.57. The van der Waals surface area contributed by atoms with E-state index in [0.717, 1.165) is 19.6 Å². The number of hydrogen-bond donors (Lipinski definition) is 0. The van der Waals surface area contributed by atoms with Crippen molar-refractivity contribution in [3.8, 4) is 0 Å². The summed E-state index contributed by atoms with van der Waals surface area (Å²) in [5.41, 5.74) is 2.76. The monoisotopic (exact) mass is 295 g/mol. The van der Waals surface area contributed by atoms with E-state index < -0.39 is 0 Å². The molecule has 3 rings (SSSR count). The SMILES string of the molecule is CN(Cc1ccccc1)C1CCCN(Cc2ccncc2)C1. The van der Waals surface area contributed by atoms with Gasteiger partial charge in [0, 0.05) is 38.1 Å². The van der Waals surface area contributed by atoms with Crippen LogP contribution in [-0.4, -0.2) is 41.0 Å². The van der Waals surface area contributed by atoms with E-state index in [1.54, 1.807) is 0 Å². The molecule has 0 radical (unpaired) electrons. The molecular weight excluding hydrogens is 270 g/mol. The Balaban J connectivity index is 1.56. The van der Waals surface area contributed by atoms with Crippen LogP contribution in [0.3, 0.4) is 0 Å². The second-order valence-electron chi connectivity index (χ2n) is 6.29. The maximum Gasteiger partial charge on any atom is 0.0271 e. The van der Waals surface area contributed by atoms with Crippen LogP contribution in [0.5, 0.6) is 0 Å². The summed E-state index contributed by atoms with van der Waals surface area (Å²) >= 11 is 0. The summed E-state index contributed by atoms with van der Waals surface area (Å²) in [6, 6.07) is 15.7. The molecule has 1 saturated heterocycles. The summed E-state index contributed by atoms with van der Waals surface area (Å²) in [5, 5.41) is 0. The van der Waals surface area contributed by atoms with Gasteiger partial charge in [0.1, 0.15) is 0 Å². The van der Waals surface area contributed by atoms with Gasteiger partial charge in [-0.15, -0.1) is 0 Å². The number of hydrogen-bond acceptors (Lipinski definition) is 3. The maximum atomic E-state index is 4.10. The third kappa shape index (κ3) is 4.15. The molecule has 2 aromatic rings. The fourth-order valence-electron chi connectivity index (χ4n) is 3.28. The van der Waals surface area contributed by atoms with Crippen LogP contribution in [0, 0.1) is 0 Å². The minimum Gasteiger partial charge on any atom is -0.298 e. The van der Waals surface area contributed by atoms with Crippen LogP contribution in [0.1, 0.15) is 24.0 Å². The van der Waals surface area contributed by atoms with Gasteiger partial charge >= 0.3 is 0 Å². The molecular formula is C19H25N3. The highest BCUT2D eigenvalue weighted by molar-refractivity contribution is 5.14. The van der Waals surface area contributed by atoms with Gasteiger partial charge in [0.25, 0.3) is 0 Å². The first-order chi connectivity index (χ1) is 10.8. The maximum absolute atomic E-state index is 4.10. The fraction of sp³-hybridized carbons (Fsp3) is 0.421. The Morgan fingerprint density at radius 3 is 2.64 bits per heavy atom. The van der Waals surface area contributed by atoms with Gasteiger partial charge in [-0.1, -0.05) is 30.3 Å². The van der Waals surface area contributed by atoms with E-state index in [-0.39, 0.29) is 0 Å². The van der Waals surface area contributed by atoms with E-state index in [0.29, 0.717) is 6.04 Å². The molecule has 1 aromatic heterocycles. The van der Waals surface area contributed by atoms with Crippen LogP contribution in [-0.2, 0) is 13.1 Å². The molecule has 0 N–H and O–H groups in total. The Labute approximate surface area is 133 Å². The molecule has 0 bridgehead atoms. The standard InChI is InChI=1S/C19H25N3/c1-21(14-17-6-3-2-4-7-17)19-8-5-13-22(16-19)15-18-9-11-20-12-10-18/h2-4,6-7,9-12,19H,5,8,13-16H2,1H3. The van der Waals surface area contributed by atoms with E-state index in [1.165, 1.54) is 30.5 Å². The molecule has 3 heteroatoms. The number of nitrogens with zero attached hydrogens (tertiary/aromatic N) is 3. The van der Waals surface area contributed by atoms with Gasteiger partial charge in [-0.3, -0.25) is 14.8 Å². The van der Waals surface area contributed by atoms with E-state index in [2.05, 4.69) is 64.3 Å². The first-order valence-corrected chi connectivity index (χ1v) is 8.17. The largest absolute Gasteiger partial charge is 0.298 e. The molecule has 116 valence electrons. The van der Waals surface area contributed by atoms with Crippen molar-refractivity contribution >= 4 is 0 Å². The van der Waals surface area contributed by atoms with Crippen molar-refractivity contribution in [2.75, 3.05) is 20.1 Å². The molecule has 3 nitrogen and oxygen atoms in total. The third-order valence-corrected chi connectivity index (χ3v) is 4.53. The predicted octanol–water partition coefficient (Wildman–Crippen LogP) is 3.18. The molecule has 22 heavy (non-hydrogen) atoms. The van der Waals surface area contributed by atoms with Crippen LogP contribution < -0.4 is 0 Å². The second kappa shape index (κ2) is 7.52. The summed E-state index contributed by atoms with van der Waals surface area (Å²) in [7, 11) is 2.26. The summed E-state index contributed by atoms with van der Waals surface area (Å²) in [6.07, 6.45) is 6.36. The molecule has 1 aromatic carbocycles. The van der Waals surface area contributed by atoms with Crippen LogP contribution >= 0.6 is 0 Å². The Morgan fingerprint density at radius 1 is 1.09 bits per heavy atom. The van der Waals surface area contributed by atoms with Gasteiger partial charge < -0.3 is 0 Å². The number of pyridine rings is 1. The molecule has 0 spiro atoms.